The summed E-state index contributed by atoms with van der Waals surface area (Å²) in [7, 11) is 0. The van der Waals surface area contributed by atoms with Gasteiger partial charge >= 0.3 is 0 Å². The van der Waals surface area contributed by atoms with Gasteiger partial charge in [0.25, 0.3) is 0 Å². The summed E-state index contributed by atoms with van der Waals surface area (Å²) in [5.74, 6) is 1.48. The summed E-state index contributed by atoms with van der Waals surface area (Å²) in [5.41, 5.74) is 3.94. The summed E-state index contributed by atoms with van der Waals surface area (Å²) in [5, 5.41) is 20.4. The molecule has 0 unspecified atom stereocenters. The highest BCUT2D eigenvalue weighted by molar-refractivity contribution is 7.98. The summed E-state index contributed by atoms with van der Waals surface area (Å²) in [6.07, 6.45) is 2.88. The zero-order chi connectivity index (χ0) is 23.1. The standard InChI is InChI=1S/C25H28N4O2S/c1-4-21-22(15-26)25(28-24(23(21)27-3)29-13-11-20(31)12-14-29)32-16-19-9-7-18(8-10-19)6-5-17(2)30/h7-10,20,31H,4-6,11-14,16H2,1-2H3. The topological polar surface area (TPSA) is 81.6 Å². The van der Waals surface area contributed by atoms with Crippen molar-refractivity contribution in [1.29, 1.82) is 5.26 Å². The lowest BCUT2D eigenvalue weighted by atomic mass is 10.0. The van der Waals surface area contributed by atoms with Gasteiger partial charge in [-0.1, -0.05) is 31.2 Å². The van der Waals surface area contributed by atoms with Gasteiger partial charge in [0, 0.05) is 25.3 Å². The Kier molecular flexibility index (Phi) is 8.27. The maximum atomic E-state index is 11.2. The summed E-state index contributed by atoms with van der Waals surface area (Å²) < 4.78 is 0. The number of hydrogen-bond donors (Lipinski definition) is 1. The fourth-order valence-electron chi connectivity index (χ4n) is 3.84. The number of ketones is 1. The first-order valence-electron chi connectivity index (χ1n) is 10.9. The third-order valence-corrected chi connectivity index (χ3v) is 6.77. The van der Waals surface area contributed by atoms with Crippen molar-refractivity contribution in [3.05, 3.63) is 57.9 Å². The van der Waals surface area contributed by atoms with Crippen molar-refractivity contribution in [2.75, 3.05) is 18.0 Å². The summed E-state index contributed by atoms with van der Waals surface area (Å²) in [6.45, 7) is 12.6. The Balaban J connectivity index is 1.85. The molecule has 2 heterocycles. The van der Waals surface area contributed by atoms with Gasteiger partial charge in [-0.2, -0.15) is 5.26 Å². The van der Waals surface area contributed by atoms with E-state index in [1.54, 1.807) is 6.92 Å². The number of aryl methyl sites for hydroxylation is 1. The number of nitrogens with zero attached hydrogens (tertiary/aromatic N) is 4. The Bertz CT molecular complexity index is 1050. The normalized spacial score (nSPS) is 14.1. The number of Topliss-reactive ketones (excluding diaryl/α,β-unsaturated/α-hetero) is 1. The van der Waals surface area contributed by atoms with Crippen LogP contribution >= 0.6 is 11.8 Å². The summed E-state index contributed by atoms with van der Waals surface area (Å²) >= 11 is 1.51. The number of carbonyl (C=O) groups is 1. The van der Waals surface area contributed by atoms with Crippen LogP contribution < -0.4 is 4.90 Å². The number of hydrogen-bond acceptors (Lipinski definition) is 6. The van der Waals surface area contributed by atoms with E-state index in [1.165, 1.54) is 11.8 Å². The van der Waals surface area contributed by atoms with Crippen molar-refractivity contribution in [1.82, 2.24) is 4.98 Å². The van der Waals surface area contributed by atoms with E-state index in [2.05, 4.69) is 27.9 Å². The van der Waals surface area contributed by atoms with E-state index in [1.807, 2.05) is 19.1 Å². The van der Waals surface area contributed by atoms with E-state index in [0.717, 1.165) is 23.1 Å². The minimum absolute atomic E-state index is 0.188. The number of anilines is 1. The maximum absolute atomic E-state index is 11.2. The van der Waals surface area contributed by atoms with Crippen molar-refractivity contribution >= 4 is 29.1 Å². The van der Waals surface area contributed by atoms with E-state index < -0.39 is 0 Å². The molecule has 1 fully saturated rings. The van der Waals surface area contributed by atoms with Crippen LogP contribution in [0.4, 0.5) is 11.5 Å². The smallest absolute Gasteiger partial charge is 0.232 e. The molecule has 1 aromatic heterocycles. The molecule has 0 amide bonds. The highest BCUT2D eigenvalue weighted by Gasteiger charge is 2.25. The van der Waals surface area contributed by atoms with E-state index in [4.69, 9.17) is 11.6 Å². The van der Waals surface area contributed by atoms with Gasteiger partial charge in [0.15, 0.2) is 0 Å². The van der Waals surface area contributed by atoms with Gasteiger partial charge in [-0.25, -0.2) is 9.83 Å². The van der Waals surface area contributed by atoms with Gasteiger partial charge in [0.1, 0.15) is 22.7 Å². The van der Waals surface area contributed by atoms with E-state index in [0.29, 0.717) is 66.6 Å². The zero-order valence-electron chi connectivity index (χ0n) is 18.6. The Morgan fingerprint density at radius 1 is 1.31 bits per heavy atom. The molecule has 7 heteroatoms. The Morgan fingerprint density at radius 2 is 1.97 bits per heavy atom. The van der Waals surface area contributed by atoms with Crippen LogP contribution in [0.25, 0.3) is 4.85 Å². The lowest BCUT2D eigenvalue weighted by Crippen LogP contribution is -2.36. The van der Waals surface area contributed by atoms with Crippen LogP contribution in [0.1, 0.15) is 55.4 Å². The highest BCUT2D eigenvalue weighted by atomic mass is 32.2. The molecule has 0 bridgehead atoms. The fourth-order valence-corrected chi connectivity index (χ4v) is 4.80. The minimum Gasteiger partial charge on any atom is -0.393 e. The predicted molar refractivity (Wildman–Crippen MR) is 127 cm³/mol. The van der Waals surface area contributed by atoms with Gasteiger partial charge in [-0.15, -0.1) is 11.8 Å². The van der Waals surface area contributed by atoms with Gasteiger partial charge in [-0.05, 0) is 49.3 Å². The maximum Gasteiger partial charge on any atom is 0.232 e. The first-order valence-corrected chi connectivity index (χ1v) is 11.9. The van der Waals surface area contributed by atoms with Crippen LogP contribution in [0, 0.1) is 17.9 Å². The Morgan fingerprint density at radius 3 is 2.53 bits per heavy atom. The van der Waals surface area contributed by atoms with E-state index >= 15 is 0 Å². The first-order chi connectivity index (χ1) is 15.5. The van der Waals surface area contributed by atoms with Gasteiger partial charge in [0.2, 0.25) is 5.69 Å². The molecule has 3 rings (SSSR count). The quantitative estimate of drug-likeness (QED) is 0.460. The minimum atomic E-state index is -0.307. The Labute approximate surface area is 194 Å². The van der Waals surface area contributed by atoms with E-state index in [9.17, 15) is 15.2 Å². The van der Waals surface area contributed by atoms with Crippen molar-refractivity contribution < 1.29 is 9.90 Å². The van der Waals surface area contributed by atoms with Crippen molar-refractivity contribution in [3.63, 3.8) is 0 Å². The average Bonchev–Trinajstić information content (AvgIpc) is 2.81. The number of nitriles is 1. The van der Waals surface area contributed by atoms with Crippen molar-refractivity contribution in [2.24, 2.45) is 0 Å². The number of pyridine rings is 1. The summed E-state index contributed by atoms with van der Waals surface area (Å²) in [4.78, 5) is 21.8. The molecule has 0 saturated carbocycles. The molecule has 0 radical (unpaired) electrons. The van der Waals surface area contributed by atoms with Crippen molar-refractivity contribution in [2.45, 2.75) is 62.8 Å². The van der Waals surface area contributed by atoms with E-state index in [-0.39, 0.29) is 11.9 Å². The molecule has 0 aliphatic carbocycles. The van der Waals surface area contributed by atoms with Crippen molar-refractivity contribution in [3.8, 4) is 6.07 Å². The van der Waals surface area contributed by atoms with Gasteiger partial charge in [0.05, 0.1) is 18.2 Å². The third-order valence-electron chi connectivity index (χ3n) is 5.73. The van der Waals surface area contributed by atoms with Crippen LogP contribution in [-0.2, 0) is 23.4 Å². The van der Waals surface area contributed by atoms with Crippen LogP contribution in [-0.4, -0.2) is 35.1 Å². The summed E-state index contributed by atoms with van der Waals surface area (Å²) in [6, 6.07) is 10.5. The highest BCUT2D eigenvalue weighted by Crippen LogP contribution is 2.39. The molecule has 2 aromatic rings. The number of benzene rings is 1. The number of aliphatic hydroxyl groups excluding tert-OH is 1. The number of aromatic nitrogens is 1. The lowest BCUT2D eigenvalue weighted by Gasteiger charge is -2.32. The third kappa shape index (κ3) is 5.68. The number of carbonyl (C=O) groups excluding carboxylic acids is 1. The molecule has 1 aromatic carbocycles. The number of piperidine rings is 1. The largest absolute Gasteiger partial charge is 0.393 e. The number of rotatable bonds is 8. The molecule has 0 atom stereocenters. The molecule has 6 nitrogen and oxygen atoms in total. The molecule has 166 valence electrons. The average molecular weight is 449 g/mol. The van der Waals surface area contributed by atoms with Crippen LogP contribution in [0.15, 0.2) is 29.3 Å². The number of thioether (sulfide) groups is 1. The van der Waals surface area contributed by atoms with Gasteiger partial charge in [-0.3, -0.25) is 0 Å². The monoisotopic (exact) mass is 448 g/mol. The fraction of sp³-hybridized carbons (Fsp3) is 0.440. The second-order valence-electron chi connectivity index (χ2n) is 8.05. The lowest BCUT2D eigenvalue weighted by molar-refractivity contribution is -0.116. The molecule has 0 spiro atoms. The van der Waals surface area contributed by atoms with Crippen LogP contribution in [0.3, 0.4) is 0 Å². The molecule has 1 aliphatic rings. The van der Waals surface area contributed by atoms with Crippen LogP contribution in [0.2, 0.25) is 0 Å². The SMILES string of the molecule is [C-]#[N+]c1c(N2CCC(O)CC2)nc(SCc2ccc(CCC(C)=O)cc2)c(C#N)c1CC. The molecule has 1 aliphatic heterocycles. The molecule has 1 saturated heterocycles. The van der Waals surface area contributed by atoms with Gasteiger partial charge < -0.3 is 14.8 Å². The molecular formula is C25H28N4O2S. The predicted octanol–water partition coefficient (Wildman–Crippen LogP) is 4.84. The first kappa shape index (κ1) is 23.8. The molecule has 1 N–H and O–H groups in total. The zero-order valence-corrected chi connectivity index (χ0v) is 19.4. The van der Waals surface area contributed by atoms with Crippen LogP contribution in [0.5, 0.6) is 0 Å². The molecular weight excluding hydrogens is 420 g/mol. The second kappa shape index (κ2) is 11.1. The molecule has 32 heavy (non-hydrogen) atoms. The Hall–Kier alpha value is -2.87. The second-order valence-corrected chi connectivity index (χ2v) is 9.01. The number of aliphatic hydroxyl groups is 1.